The van der Waals surface area contributed by atoms with Crippen molar-refractivity contribution in [1.29, 1.82) is 0 Å². The van der Waals surface area contributed by atoms with Crippen molar-refractivity contribution in [3.8, 4) is 0 Å². The lowest BCUT2D eigenvalue weighted by molar-refractivity contribution is 0.0736. The third-order valence-electron chi connectivity index (χ3n) is 3.48. The highest BCUT2D eigenvalue weighted by atomic mass is 79.9. The van der Waals surface area contributed by atoms with Crippen LogP contribution in [0, 0.1) is 12.8 Å². The molecule has 5 heteroatoms. The van der Waals surface area contributed by atoms with Gasteiger partial charge in [-0.15, -0.1) is 0 Å². The number of nitrogens with zero attached hydrogens (tertiary/aromatic N) is 3. The summed E-state index contributed by atoms with van der Waals surface area (Å²) < 4.78 is 1.78. The van der Waals surface area contributed by atoms with Crippen molar-refractivity contribution < 1.29 is 4.79 Å². The highest BCUT2D eigenvalue weighted by Gasteiger charge is 2.29. The van der Waals surface area contributed by atoms with Crippen LogP contribution in [0.25, 0.3) is 0 Å². The summed E-state index contributed by atoms with van der Waals surface area (Å²) in [6.45, 7) is 5.50. The molecule has 1 fully saturated rings. The predicted molar refractivity (Wildman–Crippen MR) is 75.0 cm³/mol. The van der Waals surface area contributed by atoms with Gasteiger partial charge in [-0.25, -0.2) is 0 Å². The van der Waals surface area contributed by atoms with E-state index in [0.29, 0.717) is 16.4 Å². The molecule has 1 aliphatic rings. The average molecular weight is 314 g/mol. The van der Waals surface area contributed by atoms with Crippen LogP contribution in [-0.4, -0.2) is 39.0 Å². The quantitative estimate of drug-likeness (QED) is 0.801. The normalized spacial score (nSPS) is 22.7. The highest BCUT2D eigenvalue weighted by Crippen LogP contribution is 2.33. The smallest absolute Gasteiger partial charge is 0.271 e. The van der Waals surface area contributed by atoms with Crippen LogP contribution in [0.15, 0.2) is 6.07 Å². The first-order valence-corrected chi connectivity index (χ1v) is 7.36. The third kappa shape index (κ3) is 2.76. The first-order valence-electron chi connectivity index (χ1n) is 6.45. The Bertz CT molecular complexity index is 437. The van der Waals surface area contributed by atoms with Gasteiger partial charge >= 0.3 is 0 Å². The second-order valence-electron chi connectivity index (χ2n) is 5.11. The first-order chi connectivity index (χ1) is 8.51. The van der Waals surface area contributed by atoms with Crippen molar-refractivity contribution in [3.63, 3.8) is 0 Å². The Morgan fingerprint density at radius 3 is 2.83 bits per heavy atom. The number of halogens is 1. The molecule has 1 aromatic rings. The van der Waals surface area contributed by atoms with Gasteiger partial charge in [-0.3, -0.25) is 9.48 Å². The molecule has 4 nitrogen and oxygen atoms in total. The molecule has 0 aromatic carbocycles. The Morgan fingerprint density at radius 2 is 2.28 bits per heavy atom. The number of rotatable bonds is 4. The fourth-order valence-corrected chi connectivity index (χ4v) is 3.49. The lowest BCUT2D eigenvalue weighted by atomic mass is 9.85. The molecule has 1 amide bonds. The minimum Gasteiger partial charge on any atom is -0.340 e. The highest BCUT2D eigenvalue weighted by molar-refractivity contribution is 9.09. The zero-order valence-corrected chi connectivity index (χ0v) is 12.8. The fraction of sp³-hybridized carbons (Fsp3) is 0.692. The van der Waals surface area contributed by atoms with Crippen molar-refractivity contribution in [2.45, 2.75) is 38.1 Å². The van der Waals surface area contributed by atoms with E-state index in [-0.39, 0.29) is 5.91 Å². The van der Waals surface area contributed by atoms with E-state index in [2.05, 4.69) is 21.0 Å². The SMILES string of the molecule is CCn1nc(C)cc1C(=O)N(C)CC1CC(Br)C1. The summed E-state index contributed by atoms with van der Waals surface area (Å²) in [5.74, 6) is 0.720. The number of hydrogen-bond donors (Lipinski definition) is 0. The summed E-state index contributed by atoms with van der Waals surface area (Å²) in [6.07, 6.45) is 2.34. The maximum absolute atomic E-state index is 12.3. The standard InChI is InChI=1S/C13H20BrN3O/c1-4-17-12(5-9(2)15-17)13(18)16(3)8-10-6-11(14)7-10/h5,10-11H,4,6-8H2,1-3H3. The molecule has 0 unspecified atom stereocenters. The van der Waals surface area contributed by atoms with Gasteiger partial charge in [0.1, 0.15) is 5.69 Å². The van der Waals surface area contributed by atoms with Crippen LogP contribution < -0.4 is 0 Å². The maximum atomic E-state index is 12.3. The number of hydrogen-bond acceptors (Lipinski definition) is 2. The second kappa shape index (κ2) is 5.43. The van der Waals surface area contributed by atoms with Gasteiger partial charge in [0.05, 0.1) is 5.69 Å². The molecular weight excluding hydrogens is 294 g/mol. The molecule has 1 aliphatic carbocycles. The number of aromatic nitrogens is 2. The monoisotopic (exact) mass is 313 g/mol. The van der Waals surface area contributed by atoms with E-state index in [1.807, 2.05) is 31.9 Å². The van der Waals surface area contributed by atoms with Gasteiger partial charge in [-0.1, -0.05) is 15.9 Å². The van der Waals surface area contributed by atoms with E-state index >= 15 is 0 Å². The van der Waals surface area contributed by atoms with E-state index in [1.165, 1.54) is 12.8 Å². The number of carbonyl (C=O) groups excluding carboxylic acids is 1. The summed E-state index contributed by atoms with van der Waals surface area (Å²) in [5.41, 5.74) is 1.60. The zero-order valence-electron chi connectivity index (χ0n) is 11.2. The van der Waals surface area contributed by atoms with Crippen LogP contribution in [0.3, 0.4) is 0 Å². The van der Waals surface area contributed by atoms with Gasteiger partial charge in [-0.2, -0.15) is 5.10 Å². The minimum atomic E-state index is 0.0791. The van der Waals surface area contributed by atoms with Gasteiger partial charge < -0.3 is 4.90 Å². The van der Waals surface area contributed by atoms with E-state index in [0.717, 1.165) is 18.8 Å². The van der Waals surface area contributed by atoms with Gasteiger partial charge in [0.25, 0.3) is 5.91 Å². The number of amides is 1. The number of alkyl halides is 1. The molecule has 100 valence electrons. The van der Waals surface area contributed by atoms with E-state index < -0.39 is 0 Å². The maximum Gasteiger partial charge on any atom is 0.271 e. The van der Waals surface area contributed by atoms with Crippen molar-refractivity contribution in [2.24, 2.45) is 5.92 Å². The van der Waals surface area contributed by atoms with Crippen LogP contribution in [0.5, 0.6) is 0 Å². The molecule has 0 N–H and O–H groups in total. The second-order valence-corrected chi connectivity index (χ2v) is 6.40. The molecule has 0 atom stereocenters. The summed E-state index contributed by atoms with van der Waals surface area (Å²) in [6, 6.07) is 1.87. The predicted octanol–water partition coefficient (Wildman–Crippen LogP) is 2.46. The van der Waals surface area contributed by atoms with Gasteiger partial charge in [-0.05, 0) is 38.7 Å². The first kappa shape index (κ1) is 13.6. The van der Waals surface area contributed by atoms with E-state index in [1.54, 1.807) is 4.68 Å². The lowest BCUT2D eigenvalue weighted by Crippen LogP contribution is -2.38. The number of carbonyl (C=O) groups is 1. The van der Waals surface area contributed by atoms with Gasteiger partial charge in [0.15, 0.2) is 0 Å². The summed E-state index contributed by atoms with van der Waals surface area (Å²) in [7, 11) is 1.88. The molecule has 1 heterocycles. The van der Waals surface area contributed by atoms with Crippen LogP contribution in [0.1, 0.15) is 35.9 Å². The summed E-state index contributed by atoms with van der Waals surface area (Å²) in [5, 5.41) is 4.32. The third-order valence-corrected chi connectivity index (χ3v) is 4.23. The van der Waals surface area contributed by atoms with Crippen molar-refractivity contribution in [2.75, 3.05) is 13.6 Å². The molecular formula is C13H20BrN3O. The Balaban J connectivity index is 2.01. The average Bonchev–Trinajstić information content (AvgIpc) is 2.67. The Morgan fingerprint density at radius 1 is 1.61 bits per heavy atom. The van der Waals surface area contributed by atoms with Crippen LogP contribution >= 0.6 is 15.9 Å². The molecule has 1 saturated carbocycles. The topological polar surface area (TPSA) is 38.1 Å². The molecule has 0 spiro atoms. The van der Waals surface area contributed by atoms with E-state index in [4.69, 9.17) is 0 Å². The van der Waals surface area contributed by atoms with Crippen molar-refractivity contribution in [3.05, 3.63) is 17.5 Å². The van der Waals surface area contributed by atoms with Crippen molar-refractivity contribution in [1.82, 2.24) is 14.7 Å². The molecule has 0 aliphatic heterocycles. The van der Waals surface area contributed by atoms with Gasteiger partial charge in [0, 0.05) is 25.0 Å². The van der Waals surface area contributed by atoms with Crippen LogP contribution in [-0.2, 0) is 6.54 Å². The molecule has 2 rings (SSSR count). The zero-order chi connectivity index (χ0) is 13.3. The van der Waals surface area contributed by atoms with Gasteiger partial charge in [0.2, 0.25) is 0 Å². The molecule has 18 heavy (non-hydrogen) atoms. The lowest BCUT2D eigenvalue weighted by Gasteiger charge is -2.34. The molecule has 0 radical (unpaired) electrons. The van der Waals surface area contributed by atoms with E-state index in [9.17, 15) is 4.79 Å². The Labute approximate surface area is 116 Å². The Hall–Kier alpha value is -0.840. The molecule has 0 bridgehead atoms. The largest absolute Gasteiger partial charge is 0.340 e. The summed E-state index contributed by atoms with van der Waals surface area (Å²) in [4.78, 5) is 14.8. The van der Waals surface area contributed by atoms with Crippen LogP contribution in [0.2, 0.25) is 0 Å². The van der Waals surface area contributed by atoms with Crippen molar-refractivity contribution >= 4 is 21.8 Å². The Kier molecular flexibility index (Phi) is 4.10. The summed E-state index contributed by atoms with van der Waals surface area (Å²) >= 11 is 3.58. The fourth-order valence-electron chi connectivity index (χ4n) is 2.43. The molecule has 0 saturated heterocycles. The minimum absolute atomic E-state index is 0.0791. The number of aryl methyl sites for hydroxylation is 2. The van der Waals surface area contributed by atoms with Crippen LogP contribution in [0.4, 0.5) is 0 Å². The molecule has 1 aromatic heterocycles.